The predicted molar refractivity (Wildman–Crippen MR) is 134 cm³/mol. The summed E-state index contributed by atoms with van der Waals surface area (Å²) in [5.41, 5.74) is -0.248. The molecule has 0 atom stereocenters. The fourth-order valence-corrected chi connectivity index (χ4v) is 3.57. The van der Waals surface area contributed by atoms with Gasteiger partial charge in [0.1, 0.15) is 5.75 Å². The number of hydrogen-bond donors (Lipinski definition) is 0. The predicted octanol–water partition coefficient (Wildman–Crippen LogP) is 8.13. The molecule has 0 unspecified atom stereocenters. The van der Waals surface area contributed by atoms with E-state index in [-0.39, 0.29) is 17.1 Å². The highest BCUT2D eigenvalue weighted by Gasteiger charge is 2.17. The largest absolute Gasteiger partial charge is 0.490 e. The maximum atomic E-state index is 14.5. The minimum atomic E-state index is -1.69. The molecule has 0 heterocycles. The fourth-order valence-electron chi connectivity index (χ4n) is 3.57. The van der Waals surface area contributed by atoms with E-state index in [0.717, 1.165) is 25.7 Å². The summed E-state index contributed by atoms with van der Waals surface area (Å²) in [7, 11) is 0. The first-order valence-electron chi connectivity index (χ1n) is 12.4. The Balaban J connectivity index is 1.55. The average molecular weight is 531 g/mol. The van der Waals surface area contributed by atoms with Crippen LogP contribution in [0.5, 0.6) is 11.5 Å². The van der Waals surface area contributed by atoms with Crippen molar-refractivity contribution in [3.05, 3.63) is 94.3 Å². The van der Waals surface area contributed by atoms with Crippen LogP contribution in [0.15, 0.2) is 48.5 Å². The van der Waals surface area contributed by atoms with Crippen molar-refractivity contribution in [2.75, 3.05) is 6.61 Å². The Morgan fingerprint density at radius 1 is 0.737 bits per heavy atom. The quantitative estimate of drug-likeness (QED) is 0.0627. The van der Waals surface area contributed by atoms with Gasteiger partial charge in [0.15, 0.2) is 29.0 Å². The lowest BCUT2D eigenvalue weighted by molar-refractivity contribution is 0.0733. The Bertz CT molecular complexity index is 1290. The van der Waals surface area contributed by atoms with Crippen LogP contribution in [0.25, 0.3) is 0 Å². The molecule has 0 bridgehead atoms. The number of esters is 1. The molecular formula is C30H27F5O3. The Hall–Kier alpha value is -3.86. The molecule has 0 aliphatic rings. The number of carbonyl (C=O) groups is 1. The Morgan fingerprint density at radius 2 is 1.37 bits per heavy atom. The van der Waals surface area contributed by atoms with Gasteiger partial charge in [-0.3, -0.25) is 0 Å². The van der Waals surface area contributed by atoms with Crippen molar-refractivity contribution in [2.24, 2.45) is 0 Å². The lowest BCUT2D eigenvalue weighted by Crippen LogP contribution is -2.10. The molecule has 0 fully saturated rings. The van der Waals surface area contributed by atoms with E-state index in [4.69, 9.17) is 9.47 Å². The first-order valence-corrected chi connectivity index (χ1v) is 12.4. The summed E-state index contributed by atoms with van der Waals surface area (Å²) in [6.45, 7) is 2.46. The van der Waals surface area contributed by atoms with Gasteiger partial charge in [0.05, 0.1) is 17.7 Å². The number of rotatable bonds is 11. The monoisotopic (exact) mass is 530 g/mol. The molecule has 0 spiro atoms. The van der Waals surface area contributed by atoms with Crippen LogP contribution in [0.1, 0.15) is 73.4 Å². The maximum absolute atomic E-state index is 14.5. The fraction of sp³-hybridized carbons (Fsp3) is 0.300. The molecule has 0 N–H and O–H groups in total. The van der Waals surface area contributed by atoms with Crippen LogP contribution in [-0.4, -0.2) is 12.6 Å². The number of carbonyl (C=O) groups excluding carboxylic acids is 1. The van der Waals surface area contributed by atoms with Gasteiger partial charge in [0.2, 0.25) is 5.82 Å². The first-order chi connectivity index (χ1) is 18.3. The highest BCUT2D eigenvalue weighted by Crippen LogP contribution is 2.23. The zero-order valence-electron chi connectivity index (χ0n) is 20.9. The topological polar surface area (TPSA) is 35.5 Å². The second-order valence-corrected chi connectivity index (χ2v) is 8.63. The van der Waals surface area contributed by atoms with E-state index in [0.29, 0.717) is 24.3 Å². The molecule has 3 aromatic rings. The van der Waals surface area contributed by atoms with Crippen LogP contribution in [0.3, 0.4) is 0 Å². The molecule has 3 rings (SSSR count). The van der Waals surface area contributed by atoms with E-state index in [1.807, 2.05) is 0 Å². The smallest absolute Gasteiger partial charge is 0.343 e. The van der Waals surface area contributed by atoms with Gasteiger partial charge in [0, 0.05) is 5.56 Å². The molecule has 8 heteroatoms. The molecular weight excluding hydrogens is 503 g/mol. The summed E-state index contributed by atoms with van der Waals surface area (Å²) >= 11 is 0. The van der Waals surface area contributed by atoms with Gasteiger partial charge >= 0.3 is 5.97 Å². The molecule has 0 aromatic heterocycles. The summed E-state index contributed by atoms with van der Waals surface area (Å²) in [5.74, 6) is -2.91. The van der Waals surface area contributed by atoms with Gasteiger partial charge in [0.25, 0.3) is 0 Å². The Labute approximate surface area is 218 Å². The molecule has 0 amide bonds. The summed E-state index contributed by atoms with van der Waals surface area (Å²) in [5, 5.41) is 0. The second kappa shape index (κ2) is 14.2. The van der Waals surface area contributed by atoms with Crippen molar-refractivity contribution in [3.8, 4) is 23.3 Å². The van der Waals surface area contributed by atoms with Crippen LogP contribution in [0.2, 0.25) is 0 Å². The van der Waals surface area contributed by atoms with Gasteiger partial charge in [-0.25, -0.2) is 22.4 Å². The zero-order chi connectivity index (χ0) is 27.5. The highest BCUT2D eigenvalue weighted by atomic mass is 19.2. The van der Waals surface area contributed by atoms with E-state index in [1.165, 1.54) is 55.7 Å². The van der Waals surface area contributed by atoms with E-state index >= 15 is 0 Å². The Morgan fingerprint density at radius 3 is 2.03 bits per heavy atom. The maximum Gasteiger partial charge on any atom is 0.343 e. The lowest BCUT2D eigenvalue weighted by Gasteiger charge is -2.08. The normalized spacial score (nSPS) is 10.6. The first kappa shape index (κ1) is 28.7. The molecule has 0 aliphatic heterocycles. The SMILES string of the molecule is CCCCCCCCCOc1ccc(C#Cc2ccc(OC(=O)c3cc(F)c(F)c(F)c3)cc2)c(F)c1F. The third-order valence-corrected chi connectivity index (χ3v) is 5.68. The van der Waals surface area contributed by atoms with E-state index in [2.05, 4.69) is 18.8 Å². The standard InChI is InChI=1S/C30H27F5O3/c1-2-3-4-5-6-7-8-17-37-26-16-13-21(27(33)29(26)35)12-9-20-10-14-23(15-11-20)38-30(36)22-18-24(31)28(34)25(32)19-22/h10-11,13-16,18-19H,2-8,17H2,1H3. The lowest BCUT2D eigenvalue weighted by atomic mass is 10.1. The van der Waals surface area contributed by atoms with E-state index in [9.17, 15) is 26.7 Å². The summed E-state index contributed by atoms with van der Waals surface area (Å²) in [6, 6.07) is 9.35. The summed E-state index contributed by atoms with van der Waals surface area (Å²) < 4.78 is 79.0. The zero-order valence-corrected chi connectivity index (χ0v) is 20.9. The van der Waals surface area contributed by atoms with E-state index < -0.39 is 40.6 Å². The van der Waals surface area contributed by atoms with Gasteiger partial charge in [-0.05, 0) is 55.0 Å². The average Bonchev–Trinajstić information content (AvgIpc) is 2.91. The molecule has 200 valence electrons. The van der Waals surface area contributed by atoms with Crippen molar-refractivity contribution >= 4 is 5.97 Å². The molecule has 3 aromatic carbocycles. The van der Waals surface area contributed by atoms with Crippen LogP contribution in [0, 0.1) is 40.9 Å². The summed E-state index contributed by atoms with van der Waals surface area (Å²) in [4.78, 5) is 12.1. The molecule has 0 aliphatic carbocycles. The van der Waals surface area contributed by atoms with Gasteiger partial charge in [-0.2, -0.15) is 4.39 Å². The van der Waals surface area contributed by atoms with Gasteiger partial charge < -0.3 is 9.47 Å². The molecule has 0 radical (unpaired) electrons. The second-order valence-electron chi connectivity index (χ2n) is 8.63. The summed E-state index contributed by atoms with van der Waals surface area (Å²) in [6.07, 6.45) is 7.60. The number of halogens is 5. The van der Waals surface area contributed by atoms with Gasteiger partial charge in [-0.1, -0.05) is 57.3 Å². The number of hydrogen-bond acceptors (Lipinski definition) is 3. The van der Waals surface area contributed by atoms with Gasteiger partial charge in [-0.15, -0.1) is 0 Å². The molecule has 38 heavy (non-hydrogen) atoms. The molecule has 0 saturated heterocycles. The van der Waals surface area contributed by atoms with Crippen molar-refractivity contribution in [2.45, 2.75) is 51.9 Å². The Kier molecular flexibility index (Phi) is 10.7. The number of ether oxygens (including phenoxy) is 2. The van der Waals surface area contributed by atoms with Crippen molar-refractivity contribution in [1.82, 2.24) is 0 Å². The molecule has 3 nitrogen and oxygen atoms in total. The number of benzene rings is 3. The van der Waals surface area contributed by atoms with Crippen LogP contribution in [0.4, 0.5) is 22.0 Å². The van der Waals surface area contributed by atoms with Crippen LogP contribution < -0.4 is 9.47 Å². The minimum absolute atomic E-state index is 0.0328. The third kappa shape index (κ3) is 8.07. The highest BCUT2D eigenvalue weighted by molar-refractivity contribution is 5.91. The van der Waals surface area contributed by atoms with Crippen LogP contribution >= 0.6 is 0 Å². The number of unbranched alkanes of at least 4 members (excludes halogenated alkanes) is 6. The van der Waals surface area contributed by atoms with Crippen molar-refractivity contribution in [3.63, 3.8) is 0 Å². The van der Waals surface area contributed by atoms with Crippen molar-refractivity contribution in [1.29, 1.82) is 0 Å². The molecule has 0 saturated carbocycles. The van der Waals surface area contributed by atoms with E-state index in [1.54, 1.807) is 0 Å². The van der Waals surface area contributed by atoms with Crippen molar-refractivity contribution < 1.29 is 36.2 Å². The van der Waals surface area contributed by atoms with Crippen LogP contribution in [-0.2, 0) is 0 Å². The minimum Gasteiger partial charge on any atom is -0.490 e. The third-order valence-electron chi connectivity index (χ3n) is 5.68.